The Morgan fingerprint density at radius 1 is 1.47 bits per heavy atom. The van der Waals surface area contributed by atoms with E-state index >= 15 is 0 Å². The first-order valence-electron chi connectivity index (χ1n) is 5.14. The van der Waals surface area contributed by atoms with Crippen LogP contribution in [0.15, 0.2) is 16.6 Å². The fourth-order valence-electron chi connectivity index (χ4n) is 1.96. The highest BCUT2D eigenvalue weighted by molar-refractivity contribution is 9.10. The average Bonchev–Trinajstić information content (AvgIpc) is 2.25. The van der Waals surface area contributed by atoms with Crippen molar-refractivity contribution in [3.05, 3.63) is 27.2 Å². The molecule has 0 amide bonds. The Balaban J connectivity index is 2.48. The Hall–Kier alpha value is -0.950. The molecule has 0 spiro atoms. The van der Waals surface area contributed by atoms with Gasteiger partial charge in [-0.1, -0.05) is 11.6 Å². The normalized spacial score (nSPS) is 22.6. The number of carboxylic acids is 1. The quantitative estimate of drug-likeness (QED) is 0.832. The molecule has 0 aliphatic carbocycles. The lowest BCUT2D eigenvalue weighted by molar-refractivity contribution is -0.217. The van der Waals surface area contributed by atoms with Gasteiger partial charge in [0.1, 0.15) is 11.7 Å². The van der Waals surface area contributed by atoms with Crippen molar-refractivity contribution in [3.63, 3.8) is 0 Å². The van der Waals surface area contributed by atoms with E-state index in [1.807, 2.05) is 0 Å². The molecule has 0 saturated heterocycles. The van der Waals surface area contributed by atoms with Crippen LogP contribution in [0.2, 0.25) is 5.02 Å². The van der Waals surface area contributed by atoms with Crippen molar-refractivity contribution >= 4 is 33.5 Å². The second-order valence-electron chi connectivity index (χ2n) is 4.10. The number of benzene rings is 1. The first kappa shape index (κ1) is 14.5. The lowest BCUT2D eigenvalue weighted by atomic mass is 9.90. The molecule has 1 aromatic rings. The van der Waals surface area contributed by atoms with Crippen molar-refractivity contribution in [1.82, 2.24) is 0 Å². The monoisotopic (exact) mass is 358 g/mol. The third-order valence-electron chi connectivity index (χ3n) is 2.78. The van der Waals surface area contributed by atoms with Gasteiger partial charge < -0.3 is 9.84 Å². The summed E-state index contributed by atoms with van der Waals surface area (Å²) < 4.78 is 43.6. The van der Waals surface area contributed by atoms with Crippen LogP contribution in [0.3, 0.4) is 0 Å². The van der Waals surface area contributed by atoms with Crippen molar-refractivity contribution in [3.8, 4) is 5.75 Å². The first-order chi connectivity index (χ1) is 8.70. The molecule has 0 bridgehead atoms. The number of carboxylic acid groups (broad SMARTS) is 1. The van der Waals surface area contributed by atoms with Gasteiger partial charge in [0.25, 0.3) is 0 Å². The molecule has 1 aliphatic rings. The van der Waals surface area contributed by atoms with Crippen LogP contribution in [-0.4, -0.2) is 23.4 Å². The smallest absolute Gasteiger partial charge is 0.426 e. The topological polar surface area (TPSA) is 46.5 Å². The summed E-state index contributed by atoms with van der Waals surface area (Å²) in [5.74, 6) is -3.24. The van der Waals surface area contributed by atoms with Gasteiger partial charge in [-0.05, 0) is 40.0 Å². The molecule has 2 rings (SSSR count). The van der Waals surface area contributed by atoms with Crippen LogP contribution in [0.25, 0.3) is 0 Å². The van der Waals surface area contributed by atoms with Gasteiger partial charge in [-0.3, -0.25) is 4.79 Å². The Labute approximate surface area is 119 Å². The standard InChI is InChI=1S/C11H7BrClF3O3/c12-7-3-5(13)1-4-2-6(10(17)18)9(11(14,15)16)19-8(4)7/h1,3,6,9H,2H2,(H,17,18)/t6-,9+/m1/s1. The van der Waals surface area contributed by atoms with Gasteiger partial charge in [0.15, 0.2) is 0 Å². The minimum atomic E-state index is -4.75. The minimum absolute atomic E-state index is 0.00998. The summed E-state index contributed by atoms with van der Waals surface area (Å²) in [5.41, 5.74) is 0.340. The lowest BCUT2D eigenvalue weighted by Crippen LogP contribution is -2.47. The van der Waals surface area contributed by atoms with E-state index in [2.05, 4.69) is 15.9 Å². The number of halogens is 5. The van der Waals surface area contributed by atoms with Crippen LogP contribution in [0.5, 0.6) is 5.75 Å². The third kappa shape index (κ3) is 2.81. The van der Waals surface area contributed by atoms with Crippen LogP contribution >= 0.6 is 27.5 Å². The molecule has 1 N–H and O–H groups in total. The van der Waals surface area contributed by atoms with Crippen LogP contribution < -0.4 is 4.74 Å². The molecule has 19 heavy (non-hydrogen) atoms. The van der Waals surface area contributed by atoms with E-state index in [0.29, 0.717) is 10.6 Å². The zero-order chi connectivity index (χ0) is 14.4. The number of hydrogen-bond donors (Lipinski definition) is 1. The Morgan fingerprint density at radius 3 is 2.63 bits per heavy atom. The molecular formula is C11H7BrClF3O3. The summed E-state index contributed by atoms with van der Waals surface area (Å²) in [4.78, 5) is 11.0. The van der Waals surface area contributed by atoms with E-state index in [9.17, 15) is 18.0 Å². The highest BCUT2D eigenvalue weighted by Crippen LogP contribution is 2.43. The summed E-state index contributed by atoms with van der Waals surface area (Å²) >= 11 is 8.84. The minimum Gasteiger partial charge on any atom is -0.481 e. The van der Waals surface area contributed by atoms with E-state index < -0.39 is 24.2 Å². The van der Waals surface area contributed by atoms with Crippen molar-refractivity contribution in [2.24, 2.45) is 5.92 Å². The summed E-state index contributed by atoms with van der Waals surface area (Å²) in [6, 6.07) is 2.80. The number of rotatable bonds is 1. The first-order valence-corrected chi connectivity index (χ1v) is 6.31. The van der Waals surface area contributed by atoms with E-state index in [4.69, 9.17) is 21.4 Å². The Bertz CT molecular complexity index is 533. The molecule has 0 saturated carbocycles. The molecule has 2 atom stereocenters. The summed E-state index contributed by atoms with van der Waals surface area (Å²) in [6.45, 7) is 0. The Kier molecular flexibility index (Phi) is 3.70. The van der Waals surface area contributed by atoms with E-state index in [-0.39, 0.29) is 16.6 Å². The SMILES string of the molecule is O=C(O)[C@@H]1Cc2cc(Cl)cc(Br)c2O[C@@H]1C(F)(F)F. The largest absolute Gasteiger partial charge is 0.481 e. The molecule has 1 aliphatic heterocycles. The zero-order valence-electron chi connectivity index (χ0n) is 9.17. The maximum atomic E-state index is 12.8. The van der Waals surface area contributed by atoms with Gasteiger partial charge >= 0.3 is 12.1 Å². The summed E-state index contributed by atoms with van der Waals surface area (Å²) in [6.07, 6.45) is -7.40. The molecule has 8 heteroatoms. The molecule has 0 aromatic heterocycles. The number of hydrogen-bond acceptors (Lipinski definition) is 2. The van der Waals surface area contributed by atoms with Gasteiger partial charge in [0, 0.05) is 5.02 Å². The number of aliphatic carboxylic acids is 1. The zero-order valence-corrected chi connectivity index (χ0v) is 11.5. The van der Waals surface area contributed by atoms with Crippen molar-refractivity contribution in [2.75, 3.05) is 0 Å². The second kappa shape index (κ2) is 4.86. The highest BCUT2D eigenvalue weighted by atomic mass is 79.9. The average molecular weight is 360 g/mol. The summed E-state index contributed by atoms with van der Waals surface area (Å²) in [7, 11) is 0. The van der Waals surface area contributed by atoms with Crippen molar-refractivity contribution < 1.29 is 27.8 Å². The fraction of sp³-hybridized carbons (Fsp3) is 0.364. The Morgan fingerprint density at radius 2 is 2.11 bits per heavy atom. The molecule has 0 unspecified atom stereocenters. The number of alkyl halides is 3. The predicted molar refractivity (Wildman–Crippen MR) is 64.5 cm³/mol. The van der Waals surface area contributed by atoms with Crippen LogP contribution in [-0.2, 0) is 11.2 Å². The molecule has 1 heterocycles. The van der Waals surface area contributed by atoms with Gasteiger partial charge in [-0.2, -0.15) is 13.2 Å². The van der Waals surface area contributed by atoms with E-state index in [1.165, 1.54) is 12.1 Å². The highest BCUT2D eigenvalue weighted by Gasteiger charge is 2.52. The molecular weight excluding hydrogens is 352 g/mol. The maximum absolute atomic E-state index is 12.8. The molecule has 0 radical (unpaired) electrons. The van der Waals surface area contributed by atoms with E-state index in [1.54, 1.807) is 0 Å². The number of carbonyl (C=O) groups is 1. The van der Waals surface area contributed by atoms with Crippen LogP contribution in [0, 0.1) is 5.92 Å². The third-order valence-corrected chi connectivity index (χ3v) is 3.58. The molecule has 104 valence electrons. The maximum Gasteiger partial charge on any atom is 0.426 e. The van der Waals surface area contributed by atoms with Gasteiger partial charge in [-0.15, -0.1) is 0 Å². The molecule has 0 fully saturated rings. The van der Waals surface area contributed by atoms with Crippen molar-refractivity contribution in [1.29, 1.82) is 0 Å². The van der Waals surface area contributed by atoms with Gasteiger partial charge in [-0.25, -0.2) is 0 Å². The van der Waals surface area contributed by atoms with Gasteiger partial charge in [0.05, 0.1) is 4.47 Å². The molecule has 1 aromatic carbocycles. The van der Waals surface area contributed by atoms with Crippen LogP contribution in [0.1, 0.15) is 5.56 Å². The second-order valence-corrected chi connectivity index (χ2v) is 5.40. The fourth-order valence-corrected chi connectivity index (χ4v) is 2.93. The number of ether oxygens (including phenoxy) is 1. The predicted octanol–water partition coefficient (Wildman–Crippen LogP) is 3.67. The number of fused-ring (bicyclic) bond motifs is 1. The lowest BCUT2D eigenvalue weighted by Gasteiger charge is -2.33. The van der Waals surface area contributed by atoms with Crippen molar-refractivity contribution in [2.45, 2.75) is 18.7 Å². The molecule has 3 nitrogen and oxygen atoms in total. The van der Waals surface area contributed by atoms with Crippen LogP contribution in [0.4, 0.5) is 13.2 Å². The summed E-state index contributed by atoms with van der Waals surface area (Å²) in [5, 5.41) is 9.21. The van der Waals surface area contributed by atoms with E-state index in [0.717, 1.165) is 0 Å². The van der Waals surface area contributed by atoms with Gasteiger partial charge in [0.2, 0.25) is 6.10 Å².